The van der Waals surface area contributed by atoms with E-state index in [9.17, 15) is 10.1 Å². The predicted octanol–water partition coefficient (Wildman–Crippen LogP) is 1.95. The zero-order valence-electron chi connectivity index (χ0n) is 9.59. The van der Waals surface area contributed by atoms with Gasteiger partial charge in [-0.2, -0.15) is 0 Å². The predicted molar refractivity (Wildman–Crippen MR) is 67.5 cm³/mol. The third-order valence-corrected chi connectivity index (χ3v) is 3.73. The van der Waals surface area contributed by atoms with Crippen LogP contribution in [-0.4, -0.2) is 41.0 Å². The van der Waals surface area contributed by atoms with Crippen molar-refractivity contribution < 1.29 is 4.92 Å². The number of nitro groups is 1. The molecular formula is C10H16N4O2S. The summed E-state index contributed by atoms with van der Waals surface area (Å²) < 4.78 is 0. The van der Waals surface area contributed by atoms with Crippen LogP contribution < -0.4 is 5.32 Å². The molecule has 0 bridgehead atoms. The molecule has 1 aliphatic heterocycles. The van der Waals surface area contributed by atoms with Crippen molar-refractivity contribution in [2.24, 2.45) is 0 Å². The van der Waals surface area contributed by atoms with Crippen LogP contribution in [-0.2, 0) is 0 Å². The first-order valence-corrected chi connectivity index (χ1v) is 6.64. The Morgan fingerprint density at radius 3 is 2.88 bits per heavy atom. The quantitative estimate of drug-likeness (QED) is 0.644. The topological polar surface area (TPSA) is 71.3 Å². The van der Waals surface area contributed by atoms with Crippen LogP contribution in [0.1, 0.15) is 19.3 Å². The Bertz CT molecular complexity index is 376. The standard InChI is InChI=1S/C10H16N4O2S/c15-14(16)9-8-12-10(17-9)11-4-7-13-5-2-1-3-6-13/h8H,1-7H2,(H,11,12). The summed E-state index contributed by atoms with van der Waals surface area (Å²) in [6.45, 7) is 4.11. The lowest BCUT2D eigenvalue weighted by molar-refractivity contribution is -0.380. The highest BCUT2D eigenvalue weighted by Crippen LogP contribution is 2.24. The lowest BCUT2D eigenvalue weighted by Crippen LogP contribution is -2.33. The second-order valence-electron chi connectivity index (χ2n) is 4.09. The van der Waals surface area contributed by atoms with E-state index in [1.165, 1.54) is 38.5 Å². The van der Waals surface area contributed by atoms with E-state index in [0.717, 1.165) is 24.4 Å². The fraction of sp³-hybridized carbons (Fsp3) is 0.700. The number of rotatable bonds is 5. The van der Waals surface area contributed by atoms with Gasteiger partial charge in [-0.05, 0) is 37.3 Å². The van der Waals surface area contributed by atoms with E-state index in [1.54, 1.807) is 0 Å². The molecule has 1 aliphatic rings. The number of hydrogen-bond acceptors (Lipinski definition) is 6. The number of anilines is 1. The maximum Gasteiger partial charge on any atom is 0.345 e. The molecule has 0 amide bonds. The van der Waals surface area contributed by atoms with Gasteiger partial charge in [-0.1, -0.05) is 6.42 Å². The molecule has 94 valence electrons. The fourth-order valence-corrected chi connectivity index (χ4v) is 2.59. The molecule has 0 radical (unpaired) electrons. The second-order valence-corrected chi connectivity index (χ2v) is 5.10. The molecule has 0 spiro atoms. The molecule has 0 aromatic carbocycles. The van der Waals surface area contributed by atoms with Gasteiger partial charge in [-0.25, -0.2) is 4.98 Å². The molecule has 0 atom stereocenters. The number of hydrogen-bond donors (Lipinski definition) is 1. The van der Waals surface area contributed by atoms with Gasteiger partial charge in [0, 0.05) is 13.1 Å². The Morgan fingerprint density at radius 1 is 1.47 bits per heavy atom. The van der Waals surface area contributed by atoms with Crippen molar-refractivity contribution in [3.8, 4) is 0 Å². The van der Waals surface area contributed by atoms with Crippen molar-refractivity contribution in [3.05, 3.63) is 16.3 Å². The van der Waals surface area contributed by atoms with E-state index < -0.39 is 4.92 Å². The third kappa shape index (κ3) is 3.64. The number of piperidine rings is 1. The van der Waals surface area contributed by atoms with Crippen LogP contribution in [0.3, 0.4) is 0 Å². The van der Waals surface area contributed by atoms with Gasteiger partial charge in [0.2, 0.25) is 0 Å². The Balaban J connectivity index is 1.71. The zero-order valence-corrected chi connectivity index (χ0v) is 10.4. The summed E-state index contributed by atoms with van der Waals surface area (Å²) >= 11 is 1.09. The summed E-state index contributed by atoms with van der Waals surface area (Å²) in [6.07, 6.45) is 5.20. The molecule has 2 rings (SSSR count). The molecule has 1 saturated heterocycles. The van der Waals surface area contributed by atoms with E-state index in [2.05, 4.69) is 15.2 Å². The maximum atomic E-state index is 10.5. The first-order chi connectivity index (χ1) is 8.25. The highest BCUT2D eigenvalue weighted by molar-refractivity contribution is 7.18. The fourth-order valence-electron chi connectivity index (χ4n) is 1.94. The Kier molecular flexibility index (Phi) is 4.27. The van der Waals surface area contributed by atoms with E-state index in [0.29, 0.717) is 5.13 Å². The molecule has 7 heteroatoms. The summed E-state index contributed by atoms with van der Waals surface area (Å²) in [4.78, 5) is 16.4. The first kappa shape index (κ1) is 12.3. The summed E-state index contributed by atoms with van der Waals surface area (Å²) in [6, 6.07) is 0. The molecule has 1 aromatic heterocycles. The SMILES string of the molecule is O=[N+]([O-])c1cnc(NCCN2CCCCC2)s1. The van der Waals surface area contributed by atoms with E-state index in [-0.39, 0.29) is 5.00 Å². The van der Waals surface area contributed by atoms with Crippen molar-refractivity contribution in [2.75, 3.05) is 31.5 Å². The van der Waals surface area contributed by atoms with Gasteiger partial charge in [0.15, 0.2) is 5.13 Å². The van der Waals surface area contributed by atoms with Crippen LogP contribution in [0.25, 0.3) is 0 Å². The molecule has 17 heavy (non-hydrogen) atoms. The molecule has 1 aromatic rings. The van der Waals surface area contributed by atoms with Crippen LogP contribution in [0.15, 0.2) is 6.20 Å². The molecular weight excluding hydrogens is 240 g/mol. The minimum Gasteiger partial charge on any atom is -0.360 e. The molecule has 1 fully saturated rings. The number of likely N-dealkylation sites (tertiary alicyclic amines) is 1. The van der Waals surface area contributed by atoms with Crippen molar-refractivity contribution in [2.45, 2.75) is 19.3 Å². The number of nitrogens with one attached hydrogen (secondary N) is 1. The second kappa shape index (κ2) is 5.92. The number of nitrogens with zero attached hydrogens (tertiary/aromatic N) is 3. The van der Waals surface area contributed by atoms with Crippen molar-refractivity contribution in [3.63, 3.8) is 0 Å². The molecule has 0 aliphatic carbocycles. The smallest absolute Gasteiger partial charge is 0.345 e. The van der Waals surface area contributed by atoms with Crippen LogP contribution >= 0.6 is 11.3 Å². The number of aromatic nitrogens is 1. The van der Waals surface area contributed by atoms with Gasteiger partial charge in [-0.3, -0.25) is 10.1 Å². The minimum atomic E-state index is -0.409. The van der Waals surface area contributed by atoms with Crippen LogP contribution in [0.5, 0.6) is 0 Å². The molecule has 2 heterocycles. The van der Waals surface area contributed by atoms with Gasteiger partial charge >= 0.3 is 5.00 Å². The largest absolute Gasteiger partial charge is 0.360 e. The van der Waals surface area contributed by atoms with Crippen LogP contribution in [0, 0.1) is 10.1 Å². The maximum absolute atomic E-state index is 10.5. The average molecular weight is 256 g/mol. The average Bonchev–Trinajstić information content (AvgIpc) is 2.79. The number of thiazole rings is 1. The van der Waals surface area contributed by atoms with E-state index in [1.807, 2.05) is 0 Å². The zero-order chi connectivity index (χ0) is 12.1. The lowest BCUT2D eigenvalue weighted by Gasteiger charge is -2.26. The summed E-state index contributed by atoms with van der Waals surface area (Å²) in [5, 5.41) is 14.3. The Hall–Kier alpha value is -1.21. The normalized spacial score (nSPS) is 16.9. The van der Waals surface area contributed by atoms with Crippen molar-refractivity contribution in [1.29, 1.82) is 0 Å². The molecule has 0 unspecified atom stereocenters. The molecule has 6 nitrogen and oxygen atoms in total. The minimum absolute atomic E-state index is 0.0884. The third-order valence-electron chi connectivity index (χ3n) is 2.83. The lowest BCUT2D eigenvalue weighted by atomic mass is 10.1. The van der Waals surface area contributed by atoms with Gasteiger partial charge < -0.3 is 10.2 Å². The van der Waals surface area contributed by atoms with Gasteiger partial charge in [0.05, 0.1) is 4.92 Å². The molecule has 1 N–H and O–H groups in total. The van der Waals surface area contributed by atoms with Gasteiger partial charge in [0.25, 0.3) is 0 Å². The van der Waals surface area contributed by atoms with Gasteiger partial charge in [0.1, 0.15) is 6.20 Å². The first-order valence-electron chi connectivity index (χ1n) is 5.82. The Labute approximate surface area is 104 Å². The van der Waals surface area contributed by atoms with Crippen LogP contribution in [0.2, 0.25) is 0 Å². The summed E-state index contributed by atoms with van der Waals surface area (Å²) in [7, 11) is 0. The monoisotopic (exact) mass is 256 g/mol. The van der Waals surface area contributed by atoms with E-state index in [4.69, 9.17) is 0 Å². The highest BCUT2D eigenvalue weighted by atomic mass is 32.1. The van der Waals surface area contributed by atoms with Gasteiger partial charge in [-0.15, -0.1) is 0 Å². The van der Waals surface area contributed by atoms with Crippen molar-refractivity contribution in [1.82, 2.24) is 9.88 Å². The van der Waals surface area contributed by atoms with Crippen LogP contribution in [0.4, 0.5) is 10.1 Å². The summed E-state index contributed by atoms with van der Waals surface area (Å²) in [5.41, 5.74) is 0. The highest BCUT2D eigenvalue weighted by Gasteiger charge is 2.12. The molecule has 0 saturated carbocycles. The van der Waals surface area contributed by atoms with Crippen molar-refractivity contribution >= 4 is 21.5 Å². The summed E-state index contributed by atoms with van der Waals surface area (Å²) in [5.74, 6) is 0. The van der Waals surface area contributed by atoms with E-state index >= 15 is 0 Å². The Morgan fingerprint density at radius 2 is 2.24 bits per heavy atom.